The van der Waals surface area contributed by atoms with Gasteiger partial charge in [0.2, 0.25) is 0 Å². The zero-order chi connectivity index (χ0) is 20.2. The van der Waals surface area contributed by atoms with E-state index in [1.165, 1.54) is 10.8 Å². The Morgan fingerprint density at radius 2 is 0.933 bits per heavy atom. The first-order valence-electron chi connectivity index (χ1n) is 10.1. The molecule has 0 aliphatic rings. The summed E-state index contributed by atoms with van der Waals surface area (Å²) in [5.74, 6) is 1.95. The van der Waals surface area contributed by atoms with E-state index in [4.69, 9.17) is 9.97 Å². The predicted molar refractivity (Wildman–Crippen MR) is 123 cm³/mol. The summed E-state index contributed by atoms with van der Waals surface area (Å²) in [6, 6.07) is 29.4. The number of benzene rings is 4. The lowest BCUT2D eigenvalue weighted by atomic mass is 9.99. The van der Waals surface area contributed by atoms with E-state index in [0.29, 0.717) is 0 Å². The predicted octanol–water partition coefficient (Wildman–Crippen LogP) is 5.95. The van der Waals surface area contributed by atoms with Crippen molar-refractivity contribution in [2.75, 3.05) is 0 Å². The summed E-state index contributed by atoms with van der Waals surface area (Å²) in [6.07, 6.45) is 0. The Morgan fingerprint density at radius 1 is 0.500 bits per heavy atom. The van der Waals surface area contributed by atoms with Crippen molar-refractivity contribution in [2.24, 2.45) is 14.1 Å². The van der Waals surface area contributed by atoms with Crippen LogP contribution in [0.2, 0.25) is 0 Å². The molecule has 0 bridgehead atoms. The molecule has 6 rings (SSSR count). The van der Waals surface area contributed by atoms with E-state index in [1.807, 2.05) is 12.1 Å². The zero-order valence-electron chi connectivity index (χ0n) is 16.9. The maximum absolute atomic E-state index is 4.93. The van der Waals surface area contributed by atoms with Crippen LogP contribution in [0.4, 0.5) is 0 Å². The number of rotatable bonds is 2. The molecular weight excluding hydrogens is 368 g/mol. The van der Waals surface area contributed by atoms with E-state index in [9.17, 15) is 0 Å². The second kappa shape index (κ2) is 6.29. The molecule has 4 aromatic carbocycles. The second-order valence-corrected chi connectivity index (χ2v) is 7.67. The van der Waals surface area contributed by atoms with Crippen LogP contribution in [0.5, 0.6) is 0 Å². The molecule has 4 nitrogen and oxygen atoms in total. The molecule has 0 spiro atoms. The van der Waals surface area contributed by atoms with E-state index in [1.54, 1.807) is 0 Å². The number of nitrogens with zero attached hydrogens (tertiary/aromatic N) is 4. The summed E-state index contributed by atoms with van der Waals surface area (Å²) in [6.45, 7) is 0. The van der Waals surface area contributed by atoms with Gasteiger partial charge in [0.1, 0.15) is 11.6 Å². The van der Waals surface area contributed by atoms with Gasteiger partial charge in [-0.05, 0) is 35.0 Å². The summed E-state index contributed by atoms with van der Waals surface area (Å²) < 4.78 is 4.34. The number of aromatic nitrogens is 4. The molecule has 4 heteroatoms. The minimum atomic E-state index is 0.976. The van der Waals surface area contributed by atoms with Crippen LogP contribution in [0.1, 0.15) is 0 Å². The Hall–Kier alpha value is -3.92. The fourth-order valence-corrected chi connectivity index (χ4v) is 4.47. The van der Waals surface area contributed by atoms with Crippen molar-refractivity contribution in [1.82, 2.24) is 19.1 Å². The highest BCUT2D eigenvalue weighted by Gasteiger charge is 2.16. The SMILES string of the molecule is Cn1c(-c2cccc3c(-c4nc5ccccc5n4C)cccc23)nc2ccccc21. The number of aryl methyl sites for hydroxylation is 2. The summed E-state index contributed by atoms with van der Waals surface area (Å²) in [7, 11) is 4.16. The van der Waals surface area contributed by atoms with Gasteiger partial charge in [-0.3, -0.25) is 0 Å². The number of hydrogen-bond acceptors (Lipinski definition) is 2. The Kier molecular flexibility index (Phi) is 3.56. The van der Waals surface area contributed by atoms with Gasteiger partial charge in [-0.15, -0.1) is 0 Å². The number of hydrogen-bond donors (Lipinski definition) is 0. The van der Waals surface area contributed by atoms with Gasteiger partial charge in [0.05, 0.1) is 22.1 Å². The molecule has 0 atom stereocenters. The minimum Gasteiger partial charge on any atom is -0.327 e. The van der Waals surface area contributed by atoms with Crippen molar-refractivity contribution < 1.29 is 0 Å². The Bertz CT molecular complexity index is 1450. The van der Waals surface area contributed by atoms with Gasteiger partial charge in [0, 0.05) is 25.2 Å². The van der Waals surface area contributed by atoms with Gasteiger partial charge in [-0.1, -0.05) is 60.7 Å². The second-order valence-electron chi connectivity index (χ2n) is 7.67. The van der Waals surface area contributed by atoms with E-state index in [-0.39, 0.29) is 0 Å². The smallest absolute Gasteiger partial charge is 0.141 e. The molecular formula is C26H20N4. The van der Waals surface area contributed by atoms with Gasteiger partial charge < -0.3 is 9.13 Å². The van der Waals surface area contributed by atoms with Crippen molar-refractivity contribution in [2.45, 2.75) is 0 Å². The molecule has 0 aliphatic heterocycles. The van der Waals surface area contributed by atoms with Crippen molar-refractivity contribution >= 4 is 32.8 Å². The molecule has 0 fully saturated rings. The van der Waals surface area contributed by atoms with Gasteiger partial charge >= 0.3 is 0 Å². The average Bonchev–Trinajstić information content (AvgIpc) is 3.30. The molecule has 144 valence electrons. The lowest BCUT2D eigenvalue weighted by Gasteiger charge is -2.11. The van der Waals surface area contributed by atoms with Crippen LogP contribution >= 0.6 is 0 Å². The number of para-hydroxylation sites is 4. The van der Waals surface area contributed by atoms with Crippen LogP contribution in [0, 0.1) is 0 Å². The first-order chi connectivity index (χ1) is 14.7. The van der Waals surface area contributed by atoms with E-state index in [0.717, 1.165) is 44.8 Å². The van der Waals surface area contributed by atoms with Crippen LogP contribution in [-0.4, -0.2) is 19.1 Å². The summed E-state index contributed by atoms with van der Waals surface area (Å²) in [5, 5.41) is 2.36. The van der Waals surface area contributed by atoms with Crippen LogP contribution < -0.4 is 0 Å². The standard InChI is InChI=1S/C26H20N4/c1-29-23-15-5-3-13-21(23)27-25(29)19-11-7-10-18-17(19)9-8-12-20(18)26-28-22-14-4-6-16-24(22)30(26)2/h3-16H,1-2H3. The molecule has 6 aromatic rings. The third kappa shape index (κ3) is 2.34. The summed E-state index contributed by atoms with van der Waals surface area (Å²) in [5.41, 5.74) is 6.56. The first-order valence-corrected chi connectivity index (χ1v) is 10.1. The highest BCUT2D eigenvalue weighted by molar-refractivity contribution is 6.04. The van der Waals surface area contributed by atoms with E-state index in [2.05, 4.69) is 96.0 Å². The third-order valence-corrected chi connectivity index (χ3v) is 5.98. The normalized spacial score (nSPS) is 11.7. The lowest BCUT2D eigenvalue weighted by molar-refractivity contribution is 0.959. The van der Waals surface area contributed by atoms with Crippen molar-refractivity contribution in [3.8, 4) is 22.8 Å². The molecule has 0 unspecified atom stereocenters. The number of fused-ring (bicyclic) bond motifs is 3. The fraction of sp³-hybridized carbons (Fsp3) is 0.0769. The molecule has 0 saturated carbocycles. The monoisotopic (exact) mass is 388 g/mol. The Morgan fingerprint density at radius 3 is 1.37 bits per heavy atom. The quantitative estimate of drug-likeness (QED) is 0.368. The average molecular weight is 388 g/mol. The van der Waals surface area contributed by atoms with E-state index < -0.39 is 0 Å². The lowest BCUT2D eigenvalue weighted by Crippen LogP contribution is -1.96. The zero-order valence-corrected chi connectivity index (χ0v) is 16.9. The first kappa shape index (κ1) is 17.0. The number of imidazole rings is 2. The maximum Gasteiger partial charge on any atom is 0.141 e. The van der Waals surface area contributed by atoms with Gasteiger partial charge in [-0.25, -0.2) is 9.97 Å². The minimum absolute atomic E-state index is 0.976. The molecule has 0 amide bonds. The van der Waals surface area contributed by atoms with Crippen molar-refractivity contribution in [3.05, 3.63) is 84.9 Å². The highest BCUT2D eigenvalue weighted by Crippen LogP contribution is 2.35. The Labute approximate surface area is 174 Å². The molecule has 0 radical (unpaired) electrons. The van der Waals surface area contributed by atoms with Gasteiger partial charge in [-0.2, -0.15) is 0 Å². The highest BCUT2D eigenvalue weighted by atomic mass is 15.1. The van der Waals surface area contributed by atoms with Crippen LogP contribution in [0.25, 0.3) is 55.6 Å². The molecule has 30 heavy (non-hydrogen) atoms. The largest absolute Gasteiger partial charge is 0.327 e. The topological polar surface area (TPSA) is 35.6 Å². The molecule has 0 aliphatic carbocycles. The molecule has 2 aromatic heterocycles. The fourth-order valence-electron chi connectivity index (χ4n) is 4.47. The van der Waals surface area contributed by atoms with Gasteiger partial charge in [0.15, 0.2) is 0 Å². The Balaban J connectivity index is 1.64. The van der Waals surface area contributed by atoms with Crippen molar-refractivity contribution in [3.63, 3.8) is 0 Å². The molecule has 0 saturated heterocycles. The van der Waals surface area contributed by atoms with Crippen LogP contribution in [-0.2, 0) is 14.1 Å². The van der Waals surface area contributed by atoms with Crippen LogP contribution in [0.15, 0.2) is 84.9 Å². The molecule has 0 N–H and O–H groups in total. The summed E-state index contributed by atoms with van der Waals surface area (Å²) >= 11 is 0. The molecule has 2 heterocycles. The van der Waals surface area contributed by atoms with Crippen LogP contribution in [0.3, 0.4) is 0 Å². The van der Waals surface area contributed by atoms with Crippen molar-refractivity contribution in [1.29, 1.82) is 0 Å². The third-order valence-electron chi connectivity index (χ3n) is 5.98. The van der Waals surface area contributed by atoms with Gasteiger partial charge in [0.25, 0.3) is 0 Å². The summed E-state index contributed by atoms with van der Waals surface area (Å²) in [4.78, 5) is 9.86. The maximum atomic E-state index is 4.93. The van der Waals surface area contributed by atoms with E-state index >= 15 is 0 Å².